The number of methoxy groups -OCH3 is 1. The highest BCUT2D eigenvalue weighted by Crippen LogP contribution is 2.32. The van der Waals surface area contributed by atoms with Crippen molar-refractivity contribution in [3.05, 3.63) is 49.7 Å². The molecule has 1 amide bonds. The highest BCUT2D eigenvalue weighted by Gasteiger charge is 2.22. The van der Waals surface area contributed by atoms with Crippen molar-refractivity contribution < 1.29 is 24.0 Å². The van der Waals surface area contributed by atoms with E-state index in [4.69, 9.17) is 9.47 Å². The van der Waals surface area contributed by atoms with Gasteiger partial charge in [0.2, 0.25) is 0 Å². The number of esters is 1. The average Bonchev–Trinajstić information content (AvgIpc) is 3.09. The summed E-state index contributed by atoms with van der Waals surface area (Å²) in [5.74, 6) is -0.337. The van der Waals surface area contributed by atoms with E-state index in [0.29, 0.717) is 10.8 Å². The van der Waals surface area contributed by atoms with Crippen LogP contribution in [0.4, 0.5) is 11.4 Å². The first-order valence-corrected chi connectivity index (χ1v) is 9.60. The number of non-ortho nitro benzene ring substituents is 1. The first-order valence-electron chi connectivity index (χ1n) is 8.78. The number of nitrogens with zero attached hydrogens (tertiary/aromatic N) is 1. The van der Waals surface area contributed by atoms with Gasteiger partial charge in [0.25, 0.3) is 11.6 Å². The third-order valence-electron chi connectivity index (χ3n) is 4.53. The van der Waals surface area contributed by atoms with Gasteiger partial charge in [-0.3, -0.25) is 14.9 Å². The van der Waals surface area contributed by atoms with Crippen LogP contribution in [0, 0.1) is 16.0 Å². The van der Waals surface area contributed by atoms with Crippen molar-refractivity contribution in [1.82, 2.24) is 0 Å². The molecule has 2 aromatic rings. The quantitative estimate of drug-likeness (QED) is 0.448. The van der Waals surface area contributed by atoms with E-state index < -0.39 is 23.4 Å². The lowest BCUT2D eigenvalue weighted by Gasteiger charge is -2.16. The Kier molecular flexibility index (Phi) is 5.93. The zero-order valence-corrected chi connectivity index (χ0v) is 16.3. The molecular formula is C19H20N2O6S. The number of hydrogen-bond donors (Lipinski definition) is 1. The number of thiophene rings is 1. The summed E-state index contributed by atoms with van der Waals surface area (Å²) in [4.78, 5) is 36.3. The lowest BCUT2D eigenvalue weighted by atomic mass is 9.90. The molecule has 0 saturated carbocycles. The van der Waals surface area contributed by atoms with Gasteiger partial charge in [-0.05, 0) is 42.9 Å². The Bertz CT molecular complexity index is 923. The van der Waals surface area contributed by atoms with Gasteiger partial charge in [0.05, 0.1) is 23.8 Å². The number of hydrogen-bond acceptors (Lipinski definition) is 7. The van der Waals surface area contributed by atoms with Crippen LogP contribution in [0.5, 0.6) is 5.75 Å². The summed E-state index contributed by atoms with van der Waals surface area (Å²) in [6.07, 6.45) is 3.04. The summed E-state index contributed by atoms with van der Waals surface area (Å²) in [6, 6.07) is 5.68. The number of ether oxygens (including phenoxy) is 2. The molecule has 1 N–H and O–H groups in total. The number of nitrogens with one attached hydrogen (secondary N) is 1. The van der Waals surface area contributed by atoms with Crippen LogP contribution in [-0.2, 0) is 22.4 Å². The van der Waals surface area contributed by atoms with Crippen molar-refractivity contribution in [1.29, 1.82) is 0 Å². The van der Waals surface area contributed by atoms with Gasteiger partial charge >= 0.3 is 5.97 Å². The molecule has 0 bridgehead atoms. The summed E-state index contributed by atoms with van der Waals surface area (Å²) in [5.41, 5.74) is 1.29. The van der Waals surface area contributed by atoms with Crippen LogP contribution in [0.3, 0.4) is 0 Å². The Labute approximate surface area is 165 Å². The van der Waals surface area contributed by atoms with Crippen LogP contribution in [0.2, 0.25) is 0 Å². The van der Waals surface area contributed by atoms with Gasteiger partial charge in [-0.15, -0.1) is 11.3 Å². The zero-order valence-electron chi connectivity index (χ0n) is 15.5. The van der Waals surface area contributed by atoms with Gasteiger partial charge in [-0.1, -0.05) is 6.92 Å². The Morgan fingerprint density at radius 2 is 2.14 bits per heavy atom. The molecule has 1 aliphatic rings. The first-order chi connectivity index (χ1) is 13.4. The zero-order chi connectivity index (χ0) is 20.3. The number of fused-ring (bicyclic) bond motifs is 1. The number of aryl methyl sites for hydroxylation is 1. The maximum absolute atomic E-state index is 12.3. The largest absolute Gasteiger partial charge is 0.494 e. The molecular weight excluding hydrogens is 384 g/mol. The number of rotatable bonds is 6. The Morgan fingerprint density at radius 1 is 1.36 bits per heavy atom. The van der Waals surface area contributed by atoms with Crippen LogP contribution in [0.1, 0.15) is 33.5 Å². The average molecular weight is 404 g/mol. The highest BCUT2D eigenvalue weighted by molar-refractivity contribution is 7.14. The predicted molar refractivity (Wildman–Crippen MR) is 104 cm³/mol. The highest BCUT2D eigenvalue weighted by atomic mass is 32.1. The molecule has 9 heteroatoms. The lowest BCUT2D eigenvalue weighted by Crippen LogP contribution is -2.21. The molecule has 0 fully saturated rings. The molecule has 1 aromatic carbocycles. The van der Waals surface area contributed by atoms with Gasteiger partial charge in [-0.25, -0.2) is 4.79 Å². The molecule has 0 unspecified atom stereocenters. The number of carbonyl (C=O) groups excluding carboxylic acids is 2. The van der Waals surface area contributed by atoms with Crippen molar-refractivity contribution in [2.45, 2.75) is 26.2 Å². The molecule has 0 spiro atoms. The van der Waals surface area contributed by atoms with Crippen molar-refractivity contribution in [3.63, 3.8) is 0 Å². The molecule has 1 heterocycles. The van der Waals surface area contributed by atoms with E-state index in [1.807, 2.05) is 6.07 Å². The van der Waals surface area contributed by atoms with E-state index in [9.17, 15) is 19.7 Å². The Morgan fingerprint density at radius 3 is 2.86 bits per heavy atom. The molecule has 1 aliphatic carbocycles. The summed E-state index contributed by atoms with van der Waals surface area (Å²) in [7, 11) is 1.34. The monoisotopic (exact) mass is 404 g/mol. The molecule has 1 aromatic heterocycles. The number of nitro benzene ring substituents is 1. The molecule has 1 atom stereocenters. The maximum atomic E-state index is 12.3. The fourth-order valence-electron chi connectivity index (χ4n) is 3.09. The molecule has 3 rings (SSSR count). The summed E-state index contributed by atoms with van der Waals surface area (Å²) in [6.45, 7) is 1.73. The standard InChI is InChI=1S/C19H20N2O6S/c1-11-3-6-16-12(7-11)8-17(28-16)19(23)27-10-18(22)20-14-5-4-13(21(24)25)9-15(14)26-2/h4-5,8-9,11H,3,6-7,10H2,1-2H3,(H,20,22)/t11-/m0/s1. The smallest absolute Gasteiger partial charge is 0.348 e. The molecule has 8 nitrogen and oxygen atoms in total. The number of carbonyl (C=O) groups is 2. The van der Waals surface area contributed by atoms with E-state index in [1.165, 1.54) is 47.1 Å². The third-order valence-corrected chi connectivity index (χ3v) is 5.75. The number of amides is 1. The van der Waals surface area contributed by atoms with Crippen LogP contribution in [0.15, 0.2) is 24.3 Å². The fourth-order valence-corrected chi connectivity index (χ4v) is 4.19. The molecule has 28 heavy (non-hydrogen) atoms. The van der Waals surface area contributed by atoms with Gasteiger partial charge in [-0.2, -0.15) is 0 Å². The molecule has 0 radical (unpaired) electrons. The van der Waals surface area contributed by atoms with Gasteiger partial charge < -0.3 is 14.8 Å². The van der Waals surface area contributed by atoms with Crippen LogP contribution < -0.4 is 10.1 Å². The number of benzene rings is 1. The maximum Gasteiger partial charge on any atom is 0.348 e. The van der Waals surface area contributed by atoms with Gasteiger partial charge in [0.15, 0.2) is 6.61 Å². The second-order valence-corrected chi connectivity index (χ2v) is 7.81. The Balaban J connectivity index is 1.59. The fraction of sp³-hybridized carbons (Fsp3) is 0.368. The topological polar surface area (TPSA) is 108 Å². The molecule has 0 aliphatic heterocycles. The van der Waals surface area contributed by atoms with E-state index in [0.717, 1.165) is 19.3 Å². The lowest BCUT2D eigenvalue weighted by molar-refractivity contribution is -0.384. The summed E-state index contributed by atoms with van der Waals surface area (Å²) in [5, 5.41) is 13.3. The Hall–Kier alpha value is -2.94. The second kappa shape index (κ2) is 8.39. The number of anilines is 1. The minimum Gasteiger partial charge on any atom is -0.494 e. The van der Waals surface area contributed by atoms with Gasteiger partial charge in [0.1, 0.15) is 10.6 Å². The molecule has 148 valence electrons. The summed E-state index contributed by atoms with van der Waals surface area (Å²) < 4.78 is 10.2. The van der Waals surface area contributed by atoms with E-state index in [-0.39, 0.29) is 17.1 Å². The SMILES string of the molecule is COc1cc([N+](=O)[O-])ccc1NC(=O)COC(=O)c1cc2c(s1)CC[C@H](C)C2. The van der Waals surface area contributed by atoms with Crippen molar-refractivity contribution in [2.24, 2.45) is 5.92 Å². The summed E-state index contributed by atoms with van der Waals surface area (Å²) >= 11 is 1.42. The van der Waals surface area contributed by atoms with Crippen molar-refractivity contribution >= 4 is 34.6 Å². The third kappa shape index (κ3) is 4.48. The second-order valence-electron chi connectivity index (χ2n) is 6.67. The van der Waals surface area contributed by atoms with Crippen molar-refractivity contribution in [2.75, 3.05) is 19.0 Å². The minimum atomic E-state index is -0.560. The normalized spacial score (nSPS) is 15.4. The van der Waals surface area contributed by atoms with Crippen LogP contribution >= 0.6 is 11.3 Å². The number of nitro groups is 1. The minimum absolute atomic E-state index is 0.147. The first kappa shape index (κ1) is 19.8. The van der Waals surface area contributed by atoms with Crippen molar-refractivity contribution in [3.8, 4) is 5.75 Å². The van der Waals surface area contributed by atoms with Crippen LogP contribution in [-0.4, -0.2) is 30.5 Å². The predicted octanol–water partition coefficient (Wildman–Crippen LogP) is 3.59. The van der Waals surface area contributed by atoms with Crippen LogP contribution in [0.25, 0.3) is 0 Å². The van der Waals surface area contributed by atoms with E-state index >= 15 is 0 Å². The van der Waals surface area contributed by atoms with E-state index in [2.05, 4.69) is 12.2 Å². The molecule has 0 saturated heterocycles. The van der Waals surface area contributed by atoms with E-state index in [1.54, 1.807) is 0 Å². The van der Waals surface area contributed by atoms with Gasteiger partial charge in [0, 0.05) is 10.9 Å².